The van der Waals surface area contributed by atoms with Crippen molar-refractivity contribution in [2.75, 3.05) is 60.2 Å². The van der Waals surface area contributed by atoms with Gasteiger partial charge in [-0.15, -0.1) is 0 Å². The van der Waals surface area contributed by atoms with Crippen molar-refractivity contribution >= 4 is 29.1 Å². The largest absolute Gasteiger partial charge is 0.497 e. The normalized spacial score (nSPS) is 19.6. The van der Waals surface area contributed by atoms with Gasteiger partial charge in [0.25, 0.3) is 5.91 Å². The van der Waals surface area contributed by atoms with E-state index < -0.39 is 6.04 Å². The standard InChI is InChI=1S/C30H37ClN4O5/c1-38-22-10-11-28(39-2)24(18-22)27-19-26(23-8-3-4-9-25(23)31)32-35(27)29(36)20-34(30(37)21-6-5-7-21)13-12-33-14-16-40-17-15-33/h3-4,8-11,18,21,27H,5-7,12-17,19-20H2,1-2H3/t27-/m0/s1. The molecular formula is C30H37ClN4O5. The van der Waals surface area contributed by atoms with Crippen molar-refractivity contribution in [1.29, 1.82) is 0 Å². The minimum atomic E-state index is -0.441. The van der Waals surface area contributed by atoms with Crippen LogP contribution in [0.25, 0.3) is 0 Å². The highest BCUT2D eigenvalue weighted by Crippen LogP contribution is 2.40. The lowest BCUT2D eigenvalue weighted by Gasteiger charge is -2.34. The molecule has 2 aliphatic heterocycles. The third-order valence-electron chi connectivity index (χ3n) is 8.03. The van der Waals surface area contributed by atoms with E-state index >= 15 is 0 Å². The number of hydrazone groups is 1. The molecule has 9 nitrogen and oxygen atoms in total. The minimum Gasteiger partial charge on any atom is -0.497 e. The second-order valence-electron chi connectivity index (χ2n) is 10.4. The fraction of sp³-hybridized carbons (Fsp3) is 0.500. The zero-order valence-electron chi connectivity index (χ0n) is 23.2. The molecule has 214 valence electrons. The molecule has 0 bridgehead atoms. The van der Waals surface area contributed by atoms with Gasteiger partial charge in [-0.05, 0) is 37.1 Å². The van der Waals surface area contributed by atoms with Gasteiger partial charge in [0.2, 0.25) is 5.91 Å². The van der Waals surface area contributed by atoms with Crippen molar-refractivity contribution in [3.05, 3.63) is 58.6 Å². The minimum absolute atomic E-state index is 0.00692. The van der Waals surface area contributed by atoms with Crippen LogP contribution in [0.15, 0.2) is 47.6 Å². The first-order chi connectivity index (χ1) is 19.5. The van der Waals surface area contributed by atoms with Gasteiger partial charge in [-0.3, -0.25) is 14.5 Å². The van der Waals surface area contributed by atoms with Crippen molar-refractivity contribution in [2.45, 2.75) is 31.7 Å². The second-order valence-corrected chi connectivity index (χ2v) is 10.8. The van der Waals surface area contributed by atoms with Crippen LogP contribution in [0.5, 0.6) is 11.5 Å². The summed E-state index contributed by atoms with van der Waals surface area (Å²) in [6, 6.07) is 12.6. The number of morpholine rings is 1. The predicted molar refractivity (Wildman–Crippen MR) is 153 cm³/mol. The van der Waals surface area contributed by atoms with Crippen LogP contribution in [0.2, 0.25) is 5.02 Å². The molecule has 0 N–H and O–H groups in total. The van der Waals surface area contributed by atoms with E-state index in [1.165, 1.54) is 5.01 Å². The van der Waals surface area contributed by atoms with Gasteiger partial charge in [0.15, 0.2) is 0 Å². The zero-order chi connectivity index (χ0) is 28.1. The van der Waals surface area contributed by atoms with Crippen LogP contribution in [0, 0.1) is 5.92 Å². The highest BCUT2D eigenvalue weighted by molar-refractivity contribution is 6.34. The van der Waals surface area contributed by atoms with Crippen LogP contribution in [-0.4, -0.2) is 92.5 Å². The van der Waals surface area contributed by atoms with Gasteiger partial charge in [0.05, 0.1) is 39.2 Å². The maximum absolute atomic E-state index is 14.0. The second kappa shape index (κ2) is 13.0. The molecule has 10 heteroatoms. The Balaban J connectivity index is 1.43. The van der Waals surface area contributed by atoms with Crippen LogP contribution in [-0.2, 0) is 14.3 Å². The predicted octanol–water partition coefficient (Wildman–Crippen LogP) is 4.00. The maximum Gasteiger partial charge on any atom is 0.262 e. The van der Waals surface area contributed by atoms with Crippen molar-refractivity contribution in [1.82, 2.24) is 14.8 Å². The van der Waals surface area contributed by atoms with Crippen LogP contribution in [0.4, 0.5) is 0 Å². The molecule has 2 aromatic rings. The number of methoxy groups -OCH3 is 2. The molecule has 5 rings (SSSR count). The number of carbonyl (C=O) groups is 2. The molecule has 0 spiro atoms. The van der Waals surface area contributed by atoms with E-state index in [9.17, 15) is 9.59 Å². The van der Waals surface area contributed by atoms with E-state index in [1.54, 1.807) is 19.1 Å². The Morgan fingerprint density at radius 3 is 2.55 bits per heavy atom. The molecular weight excluding hydrogens is 532 g/mol. The summed E-state index contributed by atoms with van der Waals surface area (Å²) in [5, 5.41) is 6.88. The number of hydrogen-bond acceptors (Lipinski definition) is 7. The van der Waals surface area contributed by atoms with Gasteiger partial charge in [-0.25, -0.2) is 5.01 Å². The summed E-state index contributed by atoms with van der Waals surface area (Å²) in [6.45, 7) is 4.18. The molecule has 2 amide bonds. The molecule has 2 aromatic carbocycles. The number of halogens is 1. The summed E-state index contributed by atoms with van der Waals surface area (Å²) in [4.78, 5) is 31.5. The van der Waals surface area contributed by atoms with E-state index in [0.717, 1.165) is 43.5 Å². The monoisotopic (exact) mass is 568 g/mol. The molecule has 3 aliphatic rings. The molecule has 0 unspecified atom stereocenters. The number of ether oxygens (including phenoxy) is 3. The Labute approximate surface area is 240 Å². The Hall–Kier alpha value is -3.14. The lowest BCUT2D eigenvalue weighted by molar-refractivity contribution is -0.145. The SMILES string of the molecule is COc1ccc(OC)c([C@@H]2CC(c3ccccc3Cl)=NN2C(=O)CN(CCN2CCOCC2)C(=O)C2CCC2)c1. The van der Waals surface area contributed by atoms with Crippen LogP contribution < -0.4 is 9.47 Å². The molecule has 1 saturated heterocycles. The summed E-state index contributed by atoms with van der Waals surface area (Å²) >= 11 is 6.53. The summed E-state index contributed by atoms with van der Waals surface area (Å²) in [5.41, 5.74) is 2.27. The number of hydrogen-bond donors (Lipinski definition) is 0. The lowest BCUT2D eigenvalue weighted by Crippen LogP contribution is -2.49. The maximum atomic E-state index is 14.0. The molecule has 0 radical (unpaired) electrons. The van der Waals surface area contributed by atoms with Gasteiger partial charge in [0, 0.05) is 54.7 Å². The third kappa shape index (κ3) is 6.27. The van der Waals surface area contributed by atoms with Crippen LogP contribution in [0.1, 0.15) is 42.9 Å². The quantitative estimate of drug-likeness (QED) is 0.431. The van der Waals surface area contributed by atoms with Gasteiger partial charge in [-0.2, -0.15) is 5.10 Å². The molecule has 1 aliphatic carbocycles. The average Bonchev–Trinajstić information content (AvgIpc) is 3.40. The first kappa shape index (κ1) is 28.4. The lowest BCUT2D eigenvalue weighted by atomic mass is 9.84. The number of nitrogens with zero attached hydrogens (tertiary/aromatic N) is 4. The number of rotatable bonds is 10. The van der Waals surface area contributed by atoms with E-state index in [1.807, 2.05) is 42.5 Å². The molecule has 1 saturated carbocycles. The Bertz CT molecular complexity index is 1240. The first-order valence-corrected chi connectivity index (χ1v) is 14.3. The number of amides is 2. The summed E-state index contributed by atoms with van der Waals surface area (Å²) < 4.78 is 16.6. The van der Waals surface area contributed by atoms with Crippen LogP contribution in [0.3, 0.4) is 0 Å². The van der Waals surface area contributed by atoms with Gasteiger partial charge in [-0.1, -0.05) is 36.2 Å². The van der Waals surface area contributed by atoms with Crippen molar-refractivity contribution < 1.29 is 23.8 Å². The fourth-order valence-corrected chi connectivity index (χ4v) is 5.69. The zero-order valence-corrected chi connectivity index (χ0v) is 23.9. The first-order valence-electron chi connectivity index (χ1n) is 13.9. The average molecular weight is 569 g/mol. The molecule has 2 heterocycles. The van der Waals surface area contributed by atoms with E-state index in [0.29, 0.717) is 55.0 Å². The van der Waals surface area contributed by atoms with Crippen molar-refractivity contribution in [3.8, 4) is 11.5 Å². The molecule has 1 atom stereocenters. The summed E-state index contributed by atoms with van der Waals surface area (Å²) in [5.74, 6) is 1.09. The topological polar surface area (TPSA) is 83.9 Å². The van der Waals surface area contributed by atoms with E-state index in [4.69, 9.17) is 30.9 Å². The van der Waals surface area contributed by atoms with Crippen LogP contribution >= 0.6 is 11.6 Å². The van der Waals surface area contributed by atoms with Crippen molar-refractivity contribution in [3.63, 3.8) is 0 Å². The Morgan fingerprint density at radius 2 is 1.88 bits per heavy atom. The highest BCUT2D eigenvalue weighted by atomic mass is 35.5. The summed E-state index contributed by atoms with van der Waals surface area (Å²) in [7, 11) is 3.21. The summed E-state index contributed by atoms with van der Waals surface area (Å²) in [6.07, 6.45) is 3.26. The molecule has 2 fully saturated rings. The van der Waals surface area contributed by atoms with Gasteiger partial charge in [0.1, 0.15) is 18.0 Å². The molecule has 40 heavy (non-hydrogen) atoms. The fourth-order valence-electron chi connectivity index (χ4n) is 5.44. The number of carbonyl (C=O) groups excluding carboxylic acids is 2. The smallest absolute Gasteiger partial charge is 0.262 e. The number of benzene rings is 2. The van der Waals surface area contributed by atoms with Gasteiger partial charge >= 0.3 is 0 Å². The third-order valence-corrected chi connectivity index (χ3v) is 8.36. The Morgan fingerprint density at radius 1 is 1.10 bits per heavy atom. The van der Waals surface area contributed by atoms with Crippen molar-refractivity contribution in [2.24, 2.45) is 11.0 Å². The van der Waals surface area contributed by atoms with E-state index in [2.05, 4.69) is 4.90 Å². The van der Waals surface area contributed by atoms with Gasteiger partial charge < -0.3 is 19.1 Å². The highest BCUT2D eigenvalue weighted by Gasteiger charge is 2.38. The Kier molecular flexibility index (Phi) is 9.24. The molecule has 0 aromatic heterocycles. The van der Waals surface area contributed by atoms with E-state index in [-0.39, 0.29) is 24.3 Å².